The summed E-state index contributed by atoms with van der Waals surface area (Å²) < 4.78 is 0. The van der Waals surface area contributed by atoms with Crippen LogP contribution in [0.2, 0.25) is 0 Å². The average molecular weight is 291 g/mol. The van der Waals surface area contributed by atoms with Crippen molar-refractivity contribution in [2.75, 3.05) is 19.4 Å². The first kappa shape index (κ1) is 14.1. The Balaban J connectivity index is 2.22. The molecule has 2 rings (SSSR count). The molecule has 20 heavy (non-hydrogen) atoms. The fraction of sp³-hybridized carbons (Fsp3) is 0.231. The highest BCUT2D eigenvalue weighted by molar-refractivity contribution is 7.80. The molecule has 4 amide bonds. The van der Waals surface area contributed by atoms with E-state index in [2.05, 4.69) is 5.32 Å². The summed E-state index contributed by atoms with van der Waals surface area (Å²) in [7, 11) is 2.65. The highest BCUT2D eigenvalue weighted by Crippen LogP contribution is 2.18. The predicted octanol–water partition coefficient (Wildman–Crippen LogP) is 1.09. The van der Waals surface area contributed by atoms with Gasteiger partial charge in [-0.05, 0) is 12.1 Å². The molecule has 0 aliphatic carbocycles. The number of amides is 4. The van der Waals surface area contributed by atoms with E-state index in [4.69, 9.17) is 12.2 Å². The van der Waals surface area contributed by atoms with E-state index in [1.807, 2.05) is 6.07 Å². The number of thiocarbonyl (C=S) groups is 1. The summed E-state index contributed by atoms with van der Waals surface area (Å²) >= 11 is 5.14. The summed E-state index contributed by atoms with van der Waals surface area (Å²) in [6.45, 7) is 0. The van der Waals surface area contributed by atoms with Gasteiger partial charge < -0.3 is 5.32 Å². The Morgan fingerprint density at radius 2 is 1.55 bits per heavy atom. The Bertz CT molecular complexity index is 564. The number of imide groups is 2. The van der Waals surface area contributed by atoms with Crippen LogP contribution < -0.4 is 5.32 Å². The van der Waals surface area contributed by atoms with Crippen LogP contribution in [-0.4, -0.2) is 46.7 Å². The van der Waals surface area contributed by atoms with Crippen molar-refractivity contribution in [1.29, 1.82) is 0 Å². The van der Waals surface area contributed by atoms with E-state index in [1.165, 1.54) is 14.1 Å². The van der Waals surface area contributed by atoms with Crippen molar-refractivity contribution in [3.05, 3.63) is 30.3 Å². The van der Waals surface area contributed by atoms with E-state index in [9.17, 15) is 14.4 Å². The summed E-state index contributed by atoms with van der Waals surface area (Å²) in [5.74, 6) is -2.41. The van der Waals surface area contributed by atoms with Gasteiger partial charge in [-0.3, -0.25) is 19.4 Å². The third-order valence-electron chi connectivity index (χ3n) is 3.03. The highest BCUT2D eigenvalue weighted by Gasteiger charge is 2.44. The molecule has 1 fully saturated rings. The maximum atomic E-state index is 12.1. The summed E-state index contributed by atoms with van der Waals surface area (Å²) in [6, 6.07) is 8.32. The molecule has 1 aliphatic rings. The van der Waals surface area contributed by atoms with Crippen LogP contribution in [0.15, 0.2) is 30.3 Å². The minimum Gasteiger partial charge on any atom is -0.349 e. The Morgan fingerprint density at radius 3 is 2.05 bits per heavy atom. The SMILES string of the molecule is CN1C(=O)C(C(=S)Nc2ccccc2)C(=O)N(C)C1=O. The summed E-state index contributed by atoms with van der Waals surface area (Å²) in [5, 5.41) is 2.85. The number of rotatable bonds is 2. The van der Waals surface area contributed by atoms with E-state index in [-0.39, 0.29) is 4.99 Å². The van der Waals surface area contributed by atoms with Crippen molar-refractivity contribution in [3.8, 4) is 0 Å². The van der Waals surface area contributed by atoms with Crippen LogP contribution in [0.3, 0.4) is 0 Å². The van der Waals surface area contributed by atoms with Crippen molar-refractivity contribution >= 4 is 40.7 Å². The third kappa shape index (κ3) is 2.39. The number of hydrogen-bond donors (Lipinski definition) is 1. The van der Waals surface area contributed by atoms with Gasteiger partial charge in [-0.15, -0.1) is 0 Å². The average Bonchev–Trinajstić information content (AvgIpc) is 2.44. The van der Waals surface area contributed by atoms with Gasteiger partial charge in [-0.25, -0.2) is 4.79 Å². The van der Waals surface area contributed by atoms with Crippen LogP contribution in [0.1, 0.15) is 0 Å². The number of nitrogens with one attached hydrogen (secondary N) is 1. The molecule has 1 aromatic rings. The van der Waals surface area contributed by atoms with Crippen LogP contribution in [0.5, 0.6) is 0 Å². The quantitative estimate of drug-likeness (QED) is 0.652. The summed E-state index contributed by atoms with van der Waals surface area (Å²) in [6.07, 6.45) is 0. The molecule has 0 radical (unpaired) electrons. The van der Waals surface area contributed by atoms with Crippen LogP contribution in [0, 0.1) is 5.92 Å². The summed E-state index contributed by atoms with van der Waals surface area (Å²) in [4.78, 5) is 37.6. The lowest BCUT2D eigenvalue weighted by molar-refractivity contribution is -0.144. The number of para-hydroxylation sites is 1. The number of benzene rings is 1. The van der Waals surface area contributed by atoms with Crippen LogP contribution >= 0.6 is 12.2 Å². The molecular formula is C13H13N3O3S. The lowest BCUT2D eigenvalue weighted by Gasteiger charge is -2.33. The lowest BCUT2D eigenvalue weighted by atomic mass is 10.0. The zero-order valence-corrected chi connectivity index (χ0v) is 11.8. The van der Waals surface area contributed by atoms with E-state index < -0.39 is 23.8 Å². The molecule has 0 aromatic heterocycles. The fourth-order valence-corrected chi connectivity index (χ4v) is 2.19. The van der Waals surface area contributed by atoms with Crippen molar-refractivity contribution in [3.63, 3.8) is 0 Å². The minimum absolute atomic E-state index is 0.0809. The first-order valence-electron chi connectivity index (χ1n) is 5.88. The molecule has 0 saturated carbocycles. The number of carbonyl (C=O) groups is 3. The number of urea groups is 1. The van der Waals surface area contributed by atoms with E-state index in [0.29, 0.717) is 5.69 Å². The smallest absolute Gasteiger partial charge is 0.332 e. The molecule has 0 unspecified atom stereocenters. The van der Waals surface area contributed by atoms with Crippen molar-refractivity contribution in [2.45, 2.75) is 0 Å². The molecule has 104 valence electrons. The molecule has 1 N–H and O–H groups in total. The van der Waals surface area contributed by atoms with Gasteiger partial charge in [0.1, 0.15) is 4.99 Å². The van der Waals surface area contributed by atoms with Crippen LogP contribution in [0.25, 0.3) is 0 Å². The molecule has 1 aliphatic heterocycles. The van der Waals surface area contributed by atoms with E-state index >= 15 is 0 Å². The molecule has 1 saturated heterocycles. The standard InChI is InChI=1S/C13H13N3O3S/c1-15-11(17)9(12(18)16(2)13(15)19)10(20)14-8-6-4-3-5-7-8/h3-7,9H,1-2H3,(H,14,20). The Hall–Kier alpha value is -2.28. The normalized spacial score (nSPS) is 16.6. The molecule has 0 atom stereocenters. The topological polar surface area (TPSA) is 69.7 Å². The number of hydrogen-bond acceptors (Lipinski definition) is 4. The first-order chi connectivity index (χ1) is 9.43. The number of nitrogens with zero attached hydrogens (tertiary/aromatic N) is 2. The van der Waals surface area contributed by atoms with Crippen LogP contribution in [0.4, 0.5) is 10.5 Å². The predicted molar refractivity (Wildman–Crippen MR) is 77.1 cm³/mol. The zero-order valence-electron chi connectivity index (χ0n) is 11.0. The monoisotopic (exact) mass is 291 g/mol. The van der Waals surface area contributed by atoms with Crippen LogP contribution in [-0.2, 0) is 9.59 Å². The molecule has 0 spiro atoms. The number of barbiturate groups is 1. The number of carbonyl (C=O) groups excluding carboxylic acids is 3. The summed E-state index contributed by atoms with van der Waals surface area (Å²) in [5.41, 5.74) is 0.681. The molecule has 0 bridgehead atoms. The van der Waals surface area contributed by atoms with E-state index in [0.717, 1.165) is 9.80 Å². The highest BCUT2D eigenvalue weighted by atomic mass is 32.1. The van der Waals surface area contributed by atoms with Gasteiger partial charge in [-0.2, -0.15) is 0 Å². The minimum atomic E-state index is -1.17. The van der Waals surface area contributed by atoms with Gasteiger partial charge >= 0.3 is 6.03 Å². The Morgan fingerprint density at radius 1 is 1.05 bits per heavy atom. The molecule has 1 aromatic carbocycles. The Labute approximate surface area is 121 Å². The third-order valence-corrected chi connectivity index (χ3v) is 3.37. The van der Waals surface area contributed by atoms with Crippen molar-refractivity contribution in [1.82, 2.24) is 9.80 Å². The number of anilines is 1. The van der Waals surface area contributed by atoms with Gasteiger partial charge in [0.15, 0.2) is 5.92 Å². The molecule has 6 nitrogen and oxygen atoms in total. The van der Waals surface area contributed by atoms with Gasteiger partial charge in [0.05, 0.1) is 0 Å². The maximum Gasteiger partial charge on any atom is 0.332 e. The second kappa shape index (κ2) is 5.38. The molecule has 7 heteroatoms. The molecular weight excluding hydrogens is 278 g/mol. The van der Waals surface area contributed by atoms with Crippen molar-refractivity contribution in [2.24, 2.45) is 5.92 Å². The van der Waals surface area contributed by atoms with Gasteiger partial charge in [0, 0.05) is 19.8 Å². The largest absolute Gasteiger partial charge is 0.349 e. The van der Waals surface area contributed by atoms with Gasteiger partial charge in [0.2, 0.25) is 11.8 Å². The van der Waals surface area contributed by atoms with E-state index in [1.54, 1.807) is 24.3 Å². The fourth-order valence-electron chi connectivity index (χ4n) is 1.87. The second-order valence-electron chi connectivity index (χ2n) is 4.37. The maximum absolute atomic E-state index is 12.1. The zero-order chi connectivity index (χ0) is 14.9. The Kier molecular flexibility index (Phi) is 3.80. The first-order valence-corrected chi connectivity index (χ1v) is 6.29. The van der Waals surface area contributed by atoms with Gasteiger partial charge in [-0.1, -0.05) is 30.4 Å². The second-order valence-corrected chi connectivity index (χ2v) is 4.81. The molecule has 1 heterocycles. The lowest BCUT2D eigenvalue weighted by Crippen LogP contribution is -2.59. The van der Waals surface area contributed by atoms with Gasteiger partial charge in [0.25, 0.3) is 0 Å². The van der Waals surface area contributed by atoms with Crippen molar-refractivity contribution < 1.29 is 14.4 Å².